The topological polar surface area (TPSA) is 56.0 Å². The Morgan fingerprint density at radius 1 is 1.14 bits per heavy atom. The third kappa shape index (κ3) is 2.36. The van der Waals surface area contributed by atoms with Gasteiger partial charge in [0.15, 0.2) is 5.78 Å². The molecule has 0 bridgehead atoms. The van der Waals surface area contributed by atoms with Crippen LogP contribution in [0.25, 0.3) is 10.9 Å². The number of fused-ring (bicyclic) bond motifs is 1. The predicted octanol–water partition coefficient (Wildman–Crippen LogP) is 3.50. The first kappa shape index (κ1) is 13.2. The fourth-order valence-corrected chi connectivity index (χ4v) is 2.26. The number of hydrogen-bond acceptors (Lipinski definition) is 3. The van der Waals surface area contributed by atoms with Gasteiger partial charge in [-0.1, -0.05) is 12.1 Å². The van der Waals surface area contributed by atoms with Gasteiger partial charge in [-0.15, -0.1) is 0 Å². The van der Waals surface area contributed by atoms with Gasteiger partial charge in [0, 0.05) is 22.2 Å². The molecule has 0 spiro atoms. The molecule has 4 heteroatoms. The van der Waals surface area contributed by atoms with Crippen LogP contribution in [-0.2, 0) is 0 Å². The van der Waals surface area contributed by atoms with Crippen LogP contribution in [-0.4, -0.2) is 10.8 Å². The summed E-state index contributed by atoms with van der Waals surface area (Å²) in [5, 5.41) is 0.862. The molecule has 0 aliphatic carbocycles. The molecule has 3 aromatic rings. The van der Waals surface area contributed by atoms with Gasteiger partial charge in [0.05, 0.1) is 11.2 Å². The maximum Gasteiger partial charge on any atom is 0.195 e. The van der Waals surface area contributed by atoms with Crippen LogP contribution in [0.5, 0.6) is 0 Å². The number of pyridine rings is 1. The lowest BCUT2D eigenvalue weighted by molar-refractivity contribution is 0.103. The molecule has 0 saturated carbocycles. The Morgan fingerprint density at radius 3 is 2.76 bits per heavy atom. The number of carbonyl (C=O) groups excluding carboxylic acids is 1. The number of aryl methyl sites for hydroxylation is 1. The smallest absolute Gasteiger partial charge is 0.195 e. The number of nitrogen functional groups attached to an aromatic ring is 1. The zero-order chi connectivity index (χ0) is 15.0. The summed E-state index contributed by atoms with van der Waals surface area (Å²) in [6.45, 7) is 1.91. The molecule has 1 aromatic heterocycles. The number of ketones is 1. The Kier molecular flexibility index (Phi) is 3.14. The van der Waals surface area contributed by atoms with E-state index in [9.17, 15) is 9.18 Å². The SMILES string of the molecule is Cc1ccc2cc(C(=O)c3cccc(F)c3N)ccc2n1. The standard InChI is InChI=1S/C17H13FN2O/c1-10-5-6-11-9-12(7-8-15(11)20-10)17(21)13-3-2-4-14(18)16(13)19/h2-9H,19H2,1H3. The van der Waals surface area contributed by atoms with Crippen molar-refractivity contribution < 1.29 is 9.18 Å². The van der Waals surface area contributed by atoms with Crippen LogP contribution < -0.4 is 5.73 Å². The lowest BCUT2D eigenvalue weighted by atomic mass is 10.00. The van der Waals surface area contributed by atoms with Crippen molar-refractivity contribution in [2.75, 3.05) is 5.73 Å². The van der Waals surface area contributed by atoms with Crippen LogP contribution in [0.4, 0.5) is 10.1 Å². The number of halogens is 1. The minimum atomic E-state index is -0.584. The van der Waals surface area contributed by atoms with Crippen LogP contribution >= 0.6 is 0 Å². The van der Waals surface area contributed by atoms with Gasteiger partial charge >= 0.3 is 0 Å². The van der Waals surface area contributed by atoms with Crippen molar-refractivity contribution in [1.82, 2.24) is 4.98 Å². The second-order valence-electron chi connectivity index (χ2n) is 4.89. The minimum Gasteiger partial charge on any atom is -0.396 e. The van der Waals surface area contributed by atoms with Crippen molar-refractivity contribution in [2.45, 2.75) is 6.92 Å². The molecule has 0 radical (unpaired) electrons. The summed E-state index contributed by atoms with van der Waals surface area (Å²) in [6.07, 6.45) is 0. The number of para-hydroxylation sites is 1. The number of nitrogens with two attached hydrogens (primary N) is 1. The molecule has 3 nitrogen and oxygen atoms in total. The van der Waals surface area contributed by atoms with Gasteiger partial charge in [0.1, 0.15) is 5.82 Å². The maximum atomic E-state index is 13.5. The third-order valence-electron chi connectivity index (χ3n) is 3.39. The van der Waals surface area contributed by atoms with Crippen molar-refractivity contribution in [1.29, 1.82) is 0 Å². The van der Waals surface area contributed by atoms with E-state index in [0.717, 1.165) is 16.6 Å². The van der Waals surface area contributed by atoms with Gasteiger partial charge in [-0.3, -0.25) is 9.78 Å². The molecule has 0 unspecified atom stereocenters. The monoisotopic (exact) mass is 280 g/mol. The second kappa shape index (κ2) is 4.98. The molecule has 2 N–H and O–H groups in total. The number of rotatable bonds is 2. The molecule has 0 saturated heterocycles. The Balaban J connectivity index is 2.09. The summed E-state index contributed by atoms with van der Waals surface area (Å²) in [7, 11) is 0. The van der Waals surface area contributed by atoms with Crippen molar-refractivity contribution in [3.63, 3.8) is 0 Å². The van der Waals surface area contributed by atoms with Crippen LogP contribution in [0.3, 0.4) is 0 Å². The molecule has 0 fully saturated rings. The number of aromatic nitrogens is 1. The molecule has 1 heterocycles. The van der Waals surface area contributed by atoms with Gasteiger partial charge in [0.2, 0.25) is 0 Å². The van der Waals surface area contributed by atoms with E-state index in [2.05, 4.69) is 4.98 Å². The fourth-order valence-electron chi connectivity index (χ4n) is 2.26. The van der Waals surface area contributed by atoms with E-state index < -0.39 is 5.82 Å². The zero-order valence-corrected chi connectivity index (χ0v) is 11.4. The van der Waals surface area contributed by atoms with E-state index in [1.165, 1.54) is 18.2 Å². The van der Waals surface area contributed by atoms with Crippen LogP contribution in [0, 0.1) is 12.7 Å². The van der Waals surface area contributed by atoms with E-state index in [4.69, 9.17) is 5.73 Å². The molecule has 0 aliphatic heterocycles. The van der Waals surface area contributed by atoms with Crippen molar-refractivity contribution in [3.8, 4) is 0 Å². The lowest BCUT2D eigenvalue weighted by Crippen LogP contribution is -2.07. The first-order chi connectivity index (χ1) is 10.1. The highest BCUT2D eigenvalue weighted by molar-refractivity contribution is 6.13. The molecule has 104 valence electrons. The summed E-state index contributed by atoms with van der Waals surface area (Å²) in [5.74, 6) is -0.881. The summed E-state index contributed by atoms with van der Waals surface area (Å²) in [6, 6.07) is 13.2. The molecular weight excluding hydrogens is 267 g/mol. The quantitative estimate of drug-likeness (QED) is 0.577. The summed E-state index contributed by atoms with van der Waals surface area (Å²) in [5.41, 5.74) is 7.89. The summed E-state index contributed by atoms with van der Waals surface area (Å²) in [4.78, 5) is 16.8. The molecule has 0 atom stereocenters. The highest BCUT2D eigenvalue weighted by Crippen LogP contribution is 2.22. The largest absolute Gasteiger partial charge is 0.396 e. The minimum absolute atomic E-state index is 0.121. The van der Waals surface area contributed by atoms with E-state index in [1.54, 1.807) is 18.2 Å². The molecule has 0 amide bonds. The Morgan fingerprint density at radius 2 is 1.95 bits per heavy atom. The fraction of sp³-hybridized carbons (Fsp3) is 0.0588. The van der Waals surface area contributed by atoms with Gasteiger partial charge < -0.3 is 5.73 Å². The predicted molar refractivity (Wildman–Crippen MR) is 80.7 cm³/mol. The van der Waals surface area contributed by atoms with E-state index in [1.807, 2.05) is 19.1 Å². The van der Waals surface area contributed by atoms with Crippen molar-refractivity contribution in [3.05, 3.63) is 71.2 Å². The molecule has 3 rings (SSSR count). The molecule has 0 aliphatic rings. The highest BCUT2D eigenvalue weighted by Gasteiger charge is 2.15. The van der Waals surface area contributed by atoms with E-state index >= 15 is 0 Å². The number of carbonyl (C=O) groups is 1. The van der Waals surface area contributed by atoms with Gasteiger partial charge in [0.25, 0.3) is 0 Å². The first-order valence-electron chi connectivity index (χ1n) is 6.52. The number of hydrogen-bond donors (Lipinski definition) is 1. The third-order valence-corrected chi connectivity index (χ3v) is 3.39. The van der Waals surface area contributed by atoms with Crippen molar-refractivity contribution in [2.24, 2.45) is 0 Å². The van der Waals surface area contributed by atoms with Gasteiger partial charge in [-0.25, -0.2) is 4.39 Å². The average Bonchev–Trinajstić information content (AvgIpc) is 2.49. The summed E-state index contributed by atoms with van der Waals surface area (Å²) >= 11 is 0. The normalized spacial score (nSPS) is 10.8. The number of anilines is 1. The number of benzene rings is 2. The lowest BCUT2D eigenvalue weighted by Gasteiger charge is -2.07. The highest BCUT2D eigenvalue weighted by atomic mass is 19.1. The van der Waals surface area contributed by atoms with Crippen LogP contribution in [0.2, 0.25) is 0 Å². The second-order valence-corrected chi connectivity index (χ2v) is 4.89. The van der Waals surface area contributed by atoms with Crippen LogP contribution in [0.1, 0.15) is 21.6 Å². The van der Waals surface area contributed by atoms with Gasteiger partial charge in [-0.2, -0.15) is 0 Å². The van der Waals surface area contributed by atoms with Crippen molar-refractivity contribution >= 4 is 22.4 Å². The van der Waals surface area contributed by atoms with Crippen LogP contribution in [0.15, 0.2) is 48.5 Å². The number of nitrogens with zero attached hydrogens (tertiary/aromatic N) is 1. The Bertz CT molecular complexity index is 859. The van der Waals surface area contributed by atoms with E-state index in [0.29, 0.717) is 5.56 Å². The van der Waals surface area contributed by atoms with Gasteiger partial charge in [-0.05, 0) is 43.3 Å². The average molecular weight is 280 g/mol. The maximum absolute atomic E-state index is 13.5. The molecular formula is C17H13FN2O. The summed E-state index contributed by atoms with van der Waals surface area (Å²) < 4.78 is 13.5. The van der Waals surface area contributed by atoms with E-state index in [-0.39, 0.29) is 17.0 Å². The Labute approximate surface area is 121 Å². The Hall–Kier alpha value is -2.75. The molecule has 21 heavy (non-hydrogen) atoms. The first-order valence-corrected chi connectivity index (χ1v) is 6.52. The molecule has 2 aromatic carbocycles. The zero-order valence-electron chi connectivity index (χ0n) is 11.4.